The summed E-state index contributed by atoms with van der Waals surface area (Å²) in [5.74, 6) is 0.287. The van der Waals surface area contributed by atoms with Gasteiger partial charge >= 0.3 is 5.69 Å². The number of fused-ring (bicyclic) bond motifs is 2. The van der Waals surface area contributed by atoms with Gasteiger partial charge < -0.3 is 25.4 Å². The predicted molar refractivity (Wildman–Crippen MR) is 150 cm³/mol. The highest BCUT2D eigenvalue weighted by molar-refractivity contribution is 6.34. The van der Waals surface area contributed by atoms with Crippen LogP contribution in [0.25, 0.3) is 11.0 Å². The first-order chi connectivity index (χ1) is 18.3. The summed E-state index contributed by atoms with van der Waals surface area (Å²) in [6.07, 6.45) is 2.02. The van der Waals surface area contributed by atoms with Crippen molar-refractivity contribution < 1.29 is 14.3 Å². The Morgan fingerprint density at radius 3 is 2.79 bits per heavy atom. The molecule has 11 heteroatoms. The molecule has 2 aliphatic rings. The van der Waals surface area contributed by atoms with Crippen LogP contribution in [0.4, 0.5) is 5.69 Å². The minimum Gasteiger partial charge on any atom is -0.492 e. The lowest BCUT2D eigenvalue weighted by Crippen LogP contribution is -2.55. The topological polar surface area (TPSA) is 104 Å². The number of likely N-dealkylation sites (tertiary alicyclic amines) is 1. The number of amides is 1. The molecule has 2 aromatic carbocycles. The number of aromatic nitrogens is 2. The lowest BCUT2D eigenvalue weighted by molar-refractivity contribution is 0.00585. The van der Waals surface area contributed by atoms with E-state index in [1.54, 1.807) is 17.7 Å². The molecule has 0 unspecified atom stereocenters. The van der Waals surface area contributed by atoms with Gasteiger partial charge in [-0.05, 0) is 50.6 Å². The van der Waals surface area contributed by atoms with Gasteiger partial charge in [0, 0.05) is 50.3 Å². The second kappa shape index (κ2) is 11.2. The summed E-state index contributed by atoms with van der Waals surface area (Å²) in [5, 5.41) is 4.11. The van der Waals surface area contributed by atoms with Crippen LogP contribution < -0.4 is 21.5 Å². The van der Waals surface area contributed by atoms with Crippen LogP contribution in [0.2, 0.25) is 10.0 Å². The molecule has 0 spiro atoms. The molecule has 0 aliphatic carbocycles. The number of hydrogen-bond donors (Lipinski definition) is 2. The number of carbonyl (C=O) groups is 1. The number of nitrogens with zero attached hydrogens (tertiary/aromatic N) is 3. The Labute approximate surface area is 231 Å². The van der Waals surface area contributed by atoms with E-state index in [1.807, 2.05) is 29.7 Å². The van der Waals surface area contributed by atoms with Gasteiger partial charge in [0.05, 0.1) is 46.1 Å². The summed E-state index contributed by atoms with van der Waals surface area (Å²) < 4.78 is 15.1. The molecule has 0 radical (unpaired) electrons. The number of methoxy groups -OCH3 is 1. The zero-order valence-corrected chi connectivity index (χ0v) is 23.1. The van der Waals surface area contributed by atoms with E-state index in [9.17, 15) is 9.59 Å². The van der Waals surface area contributed by atoms with Crippen molar-refractivity contribution in [1.82, 2.24) is 19.4 Å². The molecule has 9 nitrogen and oxygen atoms in total. The van der Waals surface area contributed by atoms with E-state index in [4.69, 9.17) is 38.4 Å². The maximum Gasteiger partial charge on any atom is 0.329 e. The van der Waals surface area contributed by atoms with Crippen LogP contribution in [-0.4, -0.2) is 65.4 Å². The van der Waals surface area contributed by atoms with E-state index in [-0.39, 0.29) is 23.7 Å². The third-order valence-electron chi connectivity index (χ3n) is 7.63. The zero-order valence-electron chi connectivity index (χ0n) is 21.6. The van der Waals surface area contributed by atoms with E-state index < -0.39 is 0 Å². The van der Waals surface area contributed by atoms with Gasteiger partial charge in [0.1, 0.15) is 5.75 Å². The van der Waals surface area contributed by atoms with Gasteiger partial charge in [0.25, 0.3) is 5.91 Å². The summed E-state index contributed by atoms with van der Waals surface area (Å²) in [6, 6.07) is 7.01. The number of imidazole rings is 1. The van der Waals surface area contributed by atoms with Crippen molar-refractivity contribution in [2.24, 2.45) is 0 Å². The van der Waals surface area contributed by atoms with Crippen LogP contribution in [0.15, 0.2) is 29.1 Å². The van der Waals surface area contributed by atoms with Crippen LogP contribution in [0.3, 0.4) is 0 Å². The van der Waals surface area contributed by atoms with Crippen LogP contribution in [-0.2, 0) is 24.2 Å². The molecule has 0 saturated carbocycles. The molecule has 2 aliphatic heterocycles. The lowest BCUT2D eigenvalue weighted by atomic mass is 10.00. The molecule has 1 aromatic heterocycles. The fourth-order valence-corrected chi connectivity index (χ4v) is 6.03. The SMILES string of the molecule is CCn1c(=O)n(CCCN2CC[C@@H](NC(=O)c3cc(Cl)c(N)c4c3OCC4)[C@@H](OC)C2)c2ccc(Cl)cc21. The van der Waals surface area contributed by atoms with Crippen molar-refractivity contribution in [3.05, 3.63) is 55.9 Å². The highest BCUT2D eigenvalue weighted by Gasteiger charge is 2.32. The summed E-state index contributed by atoms with van der Waals surface area (Å²) in [5.41, 5.74) is 9.50. The number of halogens is 2. The van der Waals surface area contributed by atoms with Crippen LogP contribution in [0.5, 0.6) is 5.75 Å². The highest BCUT2D eigenvalue weighted by Crippen LogP contribution is 2.38. The number of nitrogens with one attached hydrogen (secondary N) is 1. The van der Waals surface area contributed by atoms with Crippen molar-refractivity contribution in [3.63, 3.8) is 0 Å². The van der Waals surface area contributed by atoms with Crippen molar-refractivity contribution >= 4 is 45.8 Å². The smallest absolute Gasteiger partial charge is 0.329 e. The molecule has 1 fully saturated rings. The third kappa shape index (κ3) is 5.00. The number of rotatable bonds is 8. The van der Waals surface area contributed by atoms with Crippen LogP contribution >= 0.6 is 23.2 Å². The molecule has 204 valence electrons. The van der Waals surface area contributed by atoms with Gasteiger partial charge in [-0.2, -0.15) is 0 Å². The molecule has 3 N–H and O–H groups in total. The maximum absolute atomic E-state index is 13.2. The number of carbonyl (C=O) groups excluding carboxylic acids is 1. The van der Waals surface area contributed by atoms with Gasteiger partial charge in [-0.3, -0.25) is 13.9 Å². The number of nitrogens with two attached hydrogens (primary N) is 1. The van der Waals surface area contributed by atoms with Crippen molar-refractivity contribution in [2.75, 3.05) is 39.1 Å². The summed E-state index contributed by atoms with van der Waals surface area (Å²) in [7, 11) is 1.67. The van der Waals surface area contributed by atoms with Crippen LogP contribution in [0.1, 0.15) is 35.7 Å². The Kier molecular flexibility index (Phi) is 7.90. The molecular weight excluding hydrogens is 529 g/mol. The average Bonchev–Trinajstić information content (AvgIpc) is 3.49. The van der Waals surface area contributed by atoms with E-state index in [0.717, 1.165) is 42.5 Å². The molecule has 5 rings (SSSR count). The lowest BCUT2D eigenvalue weighted by Gasteiger charge is -2.38. The van der Waals surface area contributed by atoms with E-state index in [2.05, 4.69) is 10.2 Å². The fraction of sp³-hybridized carbons (Fsp3) is 0.481. The fourth-order valence-electron chi connectivity index (χ4n) is 5.64. The Bertz CT molecular complexity index is 1420. The van der Waals surface area contributed by atoms with Crippen LogP contribution in [0, 0.1) is 0 Å². The quantitative estimate of drug-likeness (QED) is 0.407. The Balaban J connectivity index is 1.20. The van der Waals surface area contributed by atoms with Crippen molar-refractivity contribution in [2.45, 2.75) is 51.4 Å². The first-order valence-electron chi connectivity index (χ1n) is 13.0. The maximum atomic E-state index is 13.2. The van der Waals surface area contributed by atoms with E-state index >= 15 is 0 Å². The van der Waals surface area contributed by atoms with E-state index in [1.165, 1.54) is 0 Å². The highest BCUT2D eigenvalue weighted by atomic mass is 35.5. The molecule has 2 atom stereocenters. The molecule has 1 amide bonds. The number of anilines is 1. The number of nitrogen functional groups attached to an aromatic ring is 1. The number of benzene rings is 2. The Morgan fingerprint density at radius 2 is 2.03 bits per heavy atom. The first kappa shape index (κ1) is 26.9. The number of ether oxygens (including phenoxy) is 2. The molecular formula is C27H33Cl2N5O4. The molecule has 0 bridgehead atoms. The van der Waals surface area contributed by atoms with E-state index in [0.29, 0.717) is 59.7 Å². The molecule has 3 aromatic rings. The molecule has 38 heavy (non-hydrogen) atoms. The third-order valence-corrected chi connectivity index (χ3v) is 8.18. The van der Waals surface area contributed by atoms with Crippen molar-refractivity contribution in [1.29, 1.82) is 0 Å². The summed E-state index contributed by atoms with van der Waals surface area (Å²) in [6.45, 7) is 5.95. The Morgan fingerprint density at radius 1 is 1.21 bits per heavy atom. The van der Waals surface area contributed by atoms with Gasteiger partial charge in [0.15, 0.2) is 0 Å². The largest absolute Gasteiger partial charge is 0.492 e. The standard InChI is InChI=1S/C27H33Cl2N5O4/c1-3-33-22-13-16(28)5-6-21(22)34(27(33)36)10-4-9-32-11-7-20(23(15-32)37-2)31-26(35)18-14-19(29)24(30)17-8-12-38-25(17)18/h5-6,13-14,20,23H,3-4,7-12,15,30H2,1-2H3,(H,31,35)/t20-,23+/m1/s1. The summed E-state index contributed by atoms with van der Waals surface area (Å²) in [4.78, 5) is 28.5. The second-order valence-electron chi connectivity index (χ2n) is 9.83. The zero-order chi connectivity index (χ0) is 27.0. The Hall–Kier alpha value is -2.72. The minimum atomic E-state index is -0.239. The van der Waals surface area contributed by atoms with Crippen molar-refractivity contribution in [3.8, 4) is 5.75 Å². The number of hydrogen-bond acceptors (Lipinski definition) is 6. The van der Waals surface area contributed by atoms with Gasteiger partial charge in [-0.1, -0.05) is 23.2 Å². The monoisotopic (exact) mass is 561 g/mol. The summed E-state index contributed by atoms with van der Waals surface area (Å²) >= 11 is 12.5. The first-order valence-corrected chi connectivity index (χ1v) is 13.8. The normalized spacial score (nSPS) is 19.5. The number of piperidine rings is 1. The second-order valence-corrected chi connectivity index (χ2v) is 10.7. The van der Waals surface area contributed by atoms with Gasteiger partial charge in [-0.15, -0.1) is 0 Å². The predicted octanol–water partition coefficient (Wildman–Crippen LogP) is 3.56. The minimum absolute atomic E-state index is 0.0146. The van der Waals surface area contributed by atoms with Gasteiger partial charge in [0.2, 0.25) is 0 Å². The van der Waals surface area contributed by atoms with Gasteiger partial charge in [-0.25, -0.2) is 4.79 Å². The molecule has 1 saturated heterocycles. The number of aryl methyl sites for hydroxylation is 2. The molecule has 3 heterocycles. The average molecular weight is 562 g/mol.